The fraction of sp³-hybridized carbons (Fsp3) is 0.636. The summed E-state index contributed by atoms with van der Waals surface area (Å²) in [6, 6.07) is 0.106. The van der Waals surface area contributed by atoms with E-state index >= 15 is 0 Å². The van der Waals surface area contributed by atoms with Crippen LogP contribution in [-0.2, 0) is 9.53 Å². The van der Waals surface area contributed by atoms with E-state index < -0.39 is 5.97 Å². The van der Waals surface area contributed by atoms with Crippen molar-refractivity contribution in [1.82, 2.24) is 4.90 Å². The number of ether oxygens (including phenoxy) is 1. The lowest BCUT2D eigenvalue weighted by Crippen LogP contribution is -2.63. The molecule has 0 aromatic carbocycles. The molecule has 5 heteroatoms. The lowest BCUT2D eigenvalue weighted by molar-refractivity contribution is -0.148. The number of hydrogen-bond donors (Lipinski definition) is 1. The molecule has 3 aliphatic rings. The highest BCUT2D eigenvalue weighted by atomic mass is 16.6. The van der Waals surface area contributed by atoms with Crippen molar-refractivity contribution in [3.63, 3.8) is 0 Å². The highest BCUT2D eigenvalue weighted by molar-refractivity contribution is 5.73. The van der Waals surface area contributed by atoms with Gasteiger partial charge >= 0.3 is 12.1 Å². The summed E-state index contributed by atoms with van der Waals surface area (Å²) in [7, 11) is 0. The van der Waals surface area contributed by atoms with Crippen LogP contribution in [0.15, 0.2) is 12.7 Å². The number of fused-ring (bicyclic) bond motifs is 2. The third-order valence-electron chi connectivity index (χ3n) is 3.33. The number of carbonyl (C=O) groups excluding carboxylic acids is 1. The molecule has 3 atom stereocenters. The number of aliphatic carboxylic acids is 1. The molecule has 0 aromatic rings. The van der Waals surface area contributed by atoms with Gasteiger partial charge in [0.2, 0.25) is 0 Å². The van der Waals surface area contributed by atoms with Crippen molar-refractivity contribution in [3.05, 3.63) is 12.7 Å². The Labute approximate surface area is 93.7 Å². The molecule has 3 rings (SSSR count). The van der Waals surface area contributed by atoms with E-state index in [1.807, 2.05) is 0 Å². The quantitative estimate of drug-likeness (QED) is 0.734. The minimum absolute atomic E-state index is 0.0529. The number of rotatable bonds is 3. The lowest BCUT2D eigenvalue weighted by atomic mass is 9.74. The van der Waals surface area contributed by atoms with Crippen LogP contribution in [0.2, 0.25) is 0 Å². The third-order valence-corrected chi connectivity index (χ3v) is 3.33. The first-order valence-corrected chi connectivity index (χ1v) is 5.42. The first-order chi connectivity index (χ1) is 7.63. The number of carboxylic acids is 1. The first kappa shape index (κ1) is 11.0. The van der Waals surface area contributed by atoms with Gasteiger partial charge in [-0.05, 0) is 19.3 Å². The van der Waals surface area contributed by atoms with Crippen LogP contribution < -0.4 is 0 Å². The zero-order valence-corrected chi connectivity index (χ0v) is 8.96. The molecule has 2 saturated heterocycles. The predicted octanol–water partition coefficient (Wildman–Crippen LogP) is 1.25. The maximum absolute atomic E-state index is 11.6. The van der Waals surface area contributed by atoms with Crippen LogP contribution in [-0.4, -0.2) is 40.8 Å². The maximum Gasteiger partial charge on any atom is 0.410 e. The van der Waals surface area contributed by atoms with Gasteiger partial charge in [-0.3, -0.25) is 4.79 Å². The molecule has 1 aliphatic carbocycles. The number of carboxylic acid groups (broad SMARTS) is 1. The van der Waals surface area contributed by atoms with E-state index in [1.165, 1.54) is 6.08 Å². The van der Waals surface area contributed by atoms with E-state index in [9.17, 15) is 9.59 Å². The summed E-state index contributed by atoms with van der Waals surface area (Å²) in [6.45, 7) is 3.68. The Morgan fingerprint density at radius 2 is 2.00 bits per heavy atom. The zero-order chi connectivity index (χ0) is 11.7. The van der Waals surface area contributed by atoms with Crippen molar-refractivity contribution < 1.29 is 19.4 Å². The van der Waals surface area contributed by atoms with Gasteiger partial charge in [-0.1, -0.05) is 12.7 Å². The second-order valence-corrected chi connectivity index (χ2v) is 4.32. The van der Waals surface area contributed by atoms with Gasteiger partial charge in [0.15, 0.2) is 0 Å². The standard InChI is InChI=1S/C11H15NO4/c1-2-3-16-11(15)12-8-4-7(10(13)14)5-9(12)6-8/h2,7-9H,1,3-6H2,(H,13,14)/t7?,8-,9+. The molecular weight excluding hydrogens is 210 g/mol. The van der Waals surface area contributed by atoms with Gasteiger partial charge in [-0.25, -0.2) is 4.79 Å². The molecule has 1 saturated carbocycles. The largest absolute Gasteiger partial charge is 0.481 e. The topological polar surface area (TPSA) is 66.8 Å². The average molecular weight is 225 g/mol. The Kier molecular flexibility index (Phi) is 2.85. The smallest absolute Gasteiger partial charge is 0.410 e. The van der Waals surface area contributed by atoms with Crippen LogP contribution >= 0.6 is 0 Å². The van der Waals surface area contributed by atoms with Gasteiger partial charge < -0.3 is 14.7 Å². The predicted molar refractivity (Wildman–Crippen MR) is 55.9 cm³/mol. The minimum Gasteiger partial charge on any atom is -0.481 e. The van der Waals surface area contributed by atoms with E-state index in [4.69, 9.17) is 9.84 Å². The number of nitrogens with zero attached hydrogens (tertiary/aromatic N) is 1. The van der Waals surface area contributed by atoms with Crippen molar-refractivity contribution in [3.8, 4) is 0 Å². The van der Waals surface area contributed by atoms with Gasteiger partial charge in [0.05, 0.1) is 5.92 Å². The van der Waals surface area contributed by atoms with Gasteiger partial charge in [0.1, 0.15) is 6.61 Å². The second kappa shape index (κ2) is 4.15. The Bertz CT molecular complexity index is 316. The molecule has 5 nitrogen and oxygen atoms in total. The summed E-state index contributed by atoms with van der Waals surface area (Å²) < 4.78 is 4.95. The normalized spacial score (nSPS) is 31.5. The SMILES string of the molecule is C=CCOC(=O)N1[C@@H]2CC(C(=O)O)C[C@H]1C2. The summed E-state index contributed by atoms with van der Waals surface area (Å²) in [5.74, 6) is -1.05. The molecule has 2 bridgehead atoms. The Morgan fingerprint density at radius 3 is 2.50 bits per heavy atom. The second-order valence-electron chi connectivity index (χ2n) is 4.32. The molecule has 0 aromatic heterocycles. The monoisotopic (exact) mass is 225 g/mol. The molecule has 16 heavy (non-hydrogen) atoms. The molecule has 1 amide bonds. The average Bonchev–Trinajstić information content (AvgIpc) is 2.26. The van der Waals surface area contributed by atoms with Gasteiger partial charge in [0.25, 0.3) is 0 Å². The molecule has 2 heterocycles. The maximum atomic E-state index is 11.6. The van der Waals surface area contributed by atoms with E-state index in [1.54, 1.807) is 4.90 Å². The van der Waals surface area contributed by atoms with Crippen molar-refractivity contribution in [2.45, 2.75) is 31.3 Å². The summed E-state index contributed by atoms with van der Waals surface area (Å²) in [5.41, 5.74) is 0. The number of piperidine rings is 1. The van der Waals surface area contributed by atoms with Crippen LogP contribution in [0.4, 0.5) is 4.79 Å². The summed E-state index contributed by atoms with van der Waals surface area (Å²) in [6.07, 6.45) is 3.19. The van der Waals surface area contributed by atoms with Crippen molar-refractivity contribution in [2.24, 2.45) is 5.92 Å². The third kappa shape index (κ3) is 1.77. The van der Waals surface area contributed by atoms with Crippen molar-refractivity contribution in [1.29, 1.82) is 0 Å². The first-order valence-electron chi connectivity index (χ1n) is 5.42. The summed E-state index contributed by atoms with van der Waals surface area (Å²) in [5, 5.41) is 8.89. The van der Waals surface area contributed by atoms with E-state index in [-0.39, 0.29) is 30.7 Å². The van der Waals surface area contributed by atoms with Crippen LogP contribution in [0, 0.1) is 5.92 Å². The Balaban J connectivity index is 1.90. The number of carbonyl (C=O) groups is 2. The summed E-state index contributed by atoms with van der Waals surface area (Å²) >= 11 is 0. The van der Waals surface area contributed by atoms with Crippen LogP contribution in [0.1, 0.15) is 19.3 Å². The lowest BCUT2D eigenvalue weighted by Gasteiger charge is -2.53. The van der Waals surface area contributed by atoms with E-state index in [0.717, 1.165) is 6.42 Å². The van der Waals surface area contributed by atoms with Crippen molar-refractivity contribution in [2.75, 3.05) is 6.61 Å². The van der Waals surface area contributed by atoms with Crippen LogP contribution in [0.25, 0.3) is 0 Å². The summed E-state index contributed by atoms with van der Waals surface area (Å²) in [4.78, 5) is 24.1. The molecule has 1 N–H and O–H groups in total. The fourth-order valence-electron chi connectivity index (χ4n) is 2.58. The van der Waals surface area contributed by atoms with E-state index in [2.05, 4.69) is 6.58 Å². The van der Waals surface area contributed by atoms with Gasteiger partial charge in [-0.15, -0.1) is 0 Å². The Morgan fingerprint density at radius 1 is 1.38 bits per heavy atom. The van der Waals surface area contributed by atoms with Crippen LogP contribution in [0.3, 0.4) is 0 Å². The van der Waals surface area contributed by atoms with Crippen LogP contribution in [0.5, 0.6) is 0 Å². The molecule has 88 valence electrons. The molecule has 3 fully saturated rings. The zero-order valence-electron chi connectivity index (χ0n) is 8.96. The molecule has 2 aliphatic heterocycles. The van der Waals surface area contributed by atoms with Crippen molar-refractivity contribution >= 4 is 12.1 Å². The minimum atomic E-state index is -0.756. The number of amides is 1. The molecule has 0 spiro atoms. The number of hydrogen-bond acceptors (Lipinski definition) is 3. The fourth-order valence-corrected chi connectivity index (χ4v) is 2.58. The van der Waals surface area contributed by atoms with E-state index in [0.29, 0.717) is 12.8 Å². The highest BCUT2D eigenvalue weighted by Crippen LogP contribution is 2.41. The molecule has 1 unspecified atom stereocenters. The van der Waals surface area contributed by atoms with Gasteiger partial charge in [0, 0.05) is 12.1 Å². The van der Waals surface area contributed by atoms with Gasteiger partial charge in [-0.2, -0.15) is 0 Å². The highest BCUT2D eigenvalue weighted by Gasteiger charge is 2.50. The molecular formula is C11H15NO4. The molecule has 0 radical (unpaired) electrons. The Hall–Kier alpha value is -1.52.